The van der Waals surface area contributed by atoms with E-state index in [1.54, 1.807) is 35.2 Å². The maximum absolute atomic E-state index is 13.1. The van der Waals surface area contributed by atoms with Gasteiger partial charge in [-0.05, 0) is 94.5 Å². The minimum absolute atomic E-state index is 0.117. The molecule has 0 radical (unpaired) electrons. The molecule has 0 aliphatic rings. The lowest BCUT2D eigenvalue weighted by Crippen LogP contribution is -2.33. The maximum atomic E-state index is 13.1. The lowest BCUT2D eigenvalue weighted by molar-refractivity contribution is -0.118. The molecule has 0 aliphatic carbocycles. The molecule has 1 heterocycles. The average Bonchev–Trinajstić information content (AvgIpc) is 3.13. The summed E-state index contributed by atoms with van der Waals surface area (Å²) >= 11 is 3.26. The van der Waals surface area contributed by atoms with Gasteiger partial charge in [-0.2, -0.15) is 0 Å². The quantitative estimate of drug-likeness (QED) is 0.279. The molecule has 166 valence electrons. The fourth-order valence-corrected chi connectivity index (χ4v) is 5.34. The number of halogens is 1. The minimum Gasteiger partial charge on any atom is -0.309 e. The molecule has 0 spiro atoms. The summed E-state index contributed by atoms with van der Waals surface area (Å²) in [5.41, 5.74) is 3.36. The number of fused-ring (bicyclic) bond motifs is 1. The number of benzene rings is 2. The van der Waals surface area contributed by atoms with Crippen LogP contribution in [0.15, 0.2) is 41.3 Å². The summed E-state index contributed by atoms with van der Waals surface area (Å²) in [4.78, 5) is 23.0. The first-order valence-corrected chi connectivity index (χ1v) is 12.3. The van der Waals surface area contributed by atoms with Gasteiger partial charge in [0.05, 0.1) is 10.2 Å². The molecule has 1 amide bonds. The highest BCUT2D eigenvalue weighted by Crippen LogP contribution is 2.32. The van der Waals surface area contributed by atoms with Crippen molar-refractivity contribution < 1.29 is 9.18 Å². The van der Waals surface area contributed by atoms with Crippen molar-refractivity contribution in [1.82, 2.24) is 9.88 Å². The lowest BCUT2D eigenvalue weighted by Gasteiger charge is -2.21. The zero-order chi connectivity index (χ0) is 22.4. The van der Waals surface area contributed by atoms with E-state index in [0.717, 1.165) is 45.4 Å². The first-order valence-electron chi connectivity index (χ1n) is 10.5. The second-order valence-electron chi connectivity index (χ2n) is 8.03. The number of aromatic nitrogens is 1. The molecule has 31 heavy (non-hydrogen) atoms. The topological polar surface area (TPSA) is 36.4 Å². The van der Waals surface area contributed by atoms with Gasteiger partial charge in [0.1, 0.15) is 5.82 Å². The van der Waals surface area contributed by atoms with Gasteiger partial charge in [-0.15, -0.1) is 11.8 Å². The van der Waals surface area contributed by atoms with Crippen LogP contribution in [0.5, 0.6) is 0 Å². The third-order valence-corrected chi connectivity index (χ3v) is 7.27. The van der Waals surface area contributed by atoms with E-state index in [-0.39, 0.29) is 11.7 Å². The second-order valence-corrected chi connectivity index (χ2v) is 10.2. The van der Waals surface area contributed by atoms with Crippen molar-refractivity contribution >= 4 is 44.4 Å². The first-order chi connectivity index (χ1) is 14.8. The summed E-state index contributed by atoms with van der Waals surface area (Å²) in [6.07, 6.45) is 2.15. The Morgan fingerprint density at radius 3 is 2.55 bits per heavy atom. The van der Waals surface area contributed by atoms with Crippen molar-refractivity contribution in [2.45, 2.75) is 38.0 Å². The molecule has 0 aliphatic heterocycles. The molecule has 3 rings (SSSR count). The Morgan fingerprint density at radius 1 is 1.10 bits per heavy atom. The Labute approximate surface area is 192 Å². The molecule has 0 fully saturated rings. The molecule has 1 aromatic heterocycles. The summed E-state index contributed by atoms with van der Waals surface area (Å²) < 4.78 is 14.2. The highest BCUT2D eigenvalue weighted by atomic mass is 32.2. The van der Waals surface area contributed by atoms with Crippen LogP contribution in [0.3, 0.4) is 0 Å². The summed E-state index contributed by atoms with van der Waals surface area (Å²) in [5.74, 6) is 0.710. The number of thioether (sulfide) groups is 1. The molecule has 0 bridgehead atoms. The molecule has 4 nitrogen and oxygen atoms in total. The van der Waals surface area contributed by atoms with Gasteiger partial charge in [0, 0.05) is 17.9 Å². The Bertz CT molecular complexity index is 1020. The van der Waals surface area contributed by atoms with Crippen LogP contribution in [0, 0.1) is 19.7 Å². The van der Waals surface area contributed by atoms with E-state index >= 15 is 0 Å². The summed E-state index contributed by atoms with van der Waals surface area (Å²) in [6, 6.07) is 10.7. The fourth-order valence-electron chi connectivity index (χ4n) is 3.43. The predicted molar refractivity (Wildman–Crippen MR) is 131 cm³/mol. The van der Waals surface area contributed by atoms with Crippen molar-refractivity contribution in [3.05, 3.63) is 53.3 Å². The third kappa shape index (κ3) is 6.76. The minimum atomic E-state index is -0.228. The molecule has 7 heteroatoms. The average molecular weight is 460 g/mol. The van der Waals surface area contributed by atoms with Gasteiger partial charge < -0.3 is 4.90 Å². The maximum Gasteiger partial charge on any atom is 0.228 e. The van der Waals surface area contributed by atoms with E-state index in [1.807, 2.05) is 19.0 Å². The number of nitrogens with zero attached hydrogens (tertiary/aromatic N) is 3. The van der Waals surface area contributed by atoms with Crippen molar-refractivity contribution in [1.29, 1.82) is 0 Å². The fraction of sp³-hybridized carbons (Fsp3) is 0.417. The largest absolute Gasteiger partial charge is 0.309 e. The van der Waals surface area contributed by atoms with E-state index in [1.165, 1.54) is 23.3 Å². The Balaban J connectivity index is 1.66. The Hall–Kier alpha value is -1.96. The van der Waals surface area contributed by atoms with Crippen LogP contribution in [0.2, 0.25) is 0 Å². The number of thiazole rings is 1. The van der Waals surface area contributed by atoms with Crippen molar-refractivity contribution in [2.75, 3.05) is 37.8 Å². The lowest BCUT2D eigenvalue weighted by atomic mass is 10.1. The first kappa shape index (κ1) is 23.7. The molecular weight excluding hydrogens is 429 g/mol. The number of carbonyl (C=O) groups is 1. The van der Waals surface area contributed by atoms with Crippen LogP contribution >= 0.6 is 23.1 Å². The summed E-state index contributed by atoms with van der Waals surface area (Å²) in [5, 5.41) is 0.790. The molecule has 3 aromatic rings. The number of carbonyl (C=O) groups excluding carboxylic acids is 1. The standard InChI is InChI=1S/C24H30FN3OS2/c1-17-15-18(2)23-21(16-17)26-24(31-23)28(13-6-12-27(3)4)22(29)7-5-14-30-20-10-8-19(25)9-11-20/h8-11,15-16H,5-7,12-14H2,1-4H3. The summed E-state index contributed by atoms with van der Waals surface area (Å²) in [6.45, 7) is 5.76. The number of amides is 1. The van der Waals surface area contributed by atoms with Crippen molar-refractivity contribution in [3.8, 4) is 0 Å². The van der Waals surface area contributed by atoms with Crippen LogP contribution in [0.25, 0.3) is 10.2 Å². The SMILES string of the molecule is Cc1cc(C)c2sc(N(CCCN(C)C)C(=O)CCCSc3ccc(F)cc3)nc2c1. The molecule has 0 saturated carbocycles. The summed E-state index contributed by atoms with van der Waals surface area (Å²) in [7, 11) is 4.09. The van der Waals surface area contributed by atoms with Crippen LogP contribution in [-0.2, 0) is 4.79 Å². The number of anilines is 1. The van der Waals surface area contributed by atoms with Gasteiger partial charge in [0.15, 0.2) is 5.13 Å². The van der Waals surface area contributed by atoms with E-state index < -0.39 is 0 Å². The van der Waals surface area contributed by atoms with Crippen molar-refractivity contribution in [2.24, 2.45) is 0 Å². The normalized spacial score (nSPS) is 11.4. The Kier molecular flexibility index (Phi) is 8.46. The highest BCUT2D eigenvalue weighted by Gasteiger charge is 2.20. The Morgan fingerprint density at radius 2 is 1.84 bits per heavy atom. The molecule has 0 N–H and O–H groups in total. The van der Waals surface area contributed by atoms with Crippen LogP contribution < -0.4 is 4.90 Å². The van der Waals surface area contributed by atoms with E-state index in [2.05, 4.69) is 30.9 Å². The molecular formula is C24H30FN3OS2. The monoisotopic (exact) mass is 459 g/mol. The van der Waals surface area contributed by atoms with Crippen LogP contribution in [0.1, 0.15) is 30.4 Å². The van der Waals surface area contributed by atoms with Crippen LogP contribution in [-0.4, -0.2) is 48.7 Å². The van der Waals surface area contributed by atoms with Gasteiger partial charge in [-0.25, -0.2) is 9.37 Å². The van der Waals surface area contributed by atoms with Gasteiger partial charge in [-0.3, -0.25) is 9.69 Å². The van der Waals surface area contributed by atoms with Gasteiger partial charge in [0.2, 0.25) is 5.91 Å². The van der Waals surface area contributed by atoms with Gasteiger partial charge in [-0.1, -0.05) is 17.4 Å². The molecule has 0 atom stereocenters. The van der Waals surface area contributed by atoms with E-state index in [4.69, 9.17) is 4.98 Å². The number of hydrogen-bond donors (Lipinski definition) is 0. The predicted octanol–water partition coefficient (Wildman–Crippen LogP) is 5.91. The van der Waals surface area contributed by atoms with Crippen LogP contribution in [0.4, 0.5) is 9.52 Å². The highest BCUT2D eigenvalue weighted by molar-refractivity contribution is 7.99. The molecule has 0 unspecified atom stereocenters. The zero-order valence-corrected chi connectivity index (χ0v) is 20.3. The number of hydrogen-bond acceptors (Lipinski definition) is 5. The van der Waals surface area contributed by atoms with E-state index in [9.17, 15) is 9.18 Å². The number of rotatable bonds is 10. The van der Waals surface area contributed by atoms with Crippen molar-refractivity contribution in [3.63, 3.8) is 0 Å². The van der Waals surface area contributed by atoms with E-state index in [0.29, 0.717) is 13.0 Å². The van der Waals surface area contributed by atoms with Gasteiger partial charge >= 0.3 is 0 Å². The third-order valence-electron chi connectivity index (χ3n) is 4.95. The second kappa shape index (κ2) is 11.1. The zero-order valence-electron chi connectivity index (χ0n) is 18.7. The molecule has 2 aromatic carbocycles. The number of aryl methyl sites for hydroxylation is 2. The van der Waals surface area contributed by atoms with Gasteiger partial charge in [0.25, 0.3) is 0 Å². The smallest absolute Gasteiger partial charge is 0.228 e. The molecule has 0 saturated heterocycles.